The number of aryl methyl sites for hydroxylation is 3. The average molecular weight is 358 g/mol. The Labute approximate surface area is 149 Å². The molecule has 8 nitrogen and oxygen atoms in total. The Morgan fingerprint density at radius 3 is 2.72 bits per heavy atom. The van der Waals surface area contributed by atoms with Crippen molar-refractivity contribution < 1.29 is 9.32 Å². The smallest absolute Gasteiger partial charge is 0.238 e. The van der Waals surface area contributed by atoms with Gasteiger partial charge in [0.25, 0.3) is 0 Å². The van der Waals surface area contributed by atoms with Gasteiger partial charge in [-0.2, -0.15) is 4.68 Å². The lowest BCUT2D eigenvalue weighted by Gasteiger charge is -2.11. The number of thioether (sulfide) groups is 1. The Balaban J connectivity index is 1.73. The van der Waals surface area contributed by atoms with Gasteiger partial charge < -0.3 is 9.84 Å². The molecule has 0 aliphatic carbocycles. The molecular formula is C16H18N6O2S. The molecule has 0 saturated heterocycles. The van der Waals surface area contributed by atoms with Crippen molar-refractivity contribution in [2.24, 2.45) is 0 Å². The fourth-order valence-electron chi connectivity index (χ4n) is 2.14. The van der Waals surface area contributed by atoms with E-state index in [1.54, 1.807) is 24.6 Å². The topological polar surface area (TPSA) is 98.7 Å². The van der Waals surface area contributed by atoms with Gasteiger partial charge in [-0.25, -0.2) is 0 Å². The zero-order chi connectivity index (χ0) is 18.0. The molecule has 0 spiro atoms. The van der Waals surface area contributed by atoms with Crippen LogP contribution in [0, 0.1) is 20.8 Å². The van der Waals surface area contributed by atoms with Crippen LogP contribution >= 0.6 is 11.8 Å². The number of aromatic nitrogens is 5. The number of anilines is 1. The summed E-state index contributed by atoms with van der Waals surface area (Å²) in [5.41, 5.74) is 3.20. The van der Waals surface area contributed by atoms with Gasteiger partial charge >= 0.3 is 0 Å². The number of tetrazole rings is 1. The normalized spacial score (nSPS) is 12.2. The van der Waals surface area contributed by atoms with Crippen LogP contribution in [0.25, 0.3) is 5.69 Å². The molecule has 2 heterocycles. The van der Waals surface area contributed by atoms with E-state index in [1.807, 2.05) is 32.0 Å². The SMILES string of the molecule is Cc1cc(NC(=O)[C@H](C)Sc2nnnn2-c2ccc(C)c(C)c2)no1. The second kappa shape index (κ2) is 7.06. The number of benzene rings is 1. The van der Waals surface area contributed by atoms with E-state index in [2.05, 4.69) is 26.0 Å². The molecule has 0 aliphatic rings. The van der Waals surface area contributed by atoms with Gasteiger partial charge in [0.05, 0.1) is 10.9 Å². The zero-order valence-corrected chi connectivity index (χ0v) is 15.2. The van der Waals surface area contributed by atoms with Crippen LogP contribution in [-0.4, -0.2) is 36.5 Å². The molecule has 1 aromatic carbocycles. The molecule has 9 heteroatoms. The lowest BCUT2D eigenvalue weighted by Crippen LogP contribution is -2.23. The highest BCUT2D eigenvalue weighted by molar-refractivity contribution is 8.00. The van der Waals surface area contributed by atoms with Crippen LogP contribution in [0.2, 0.25) is 0 Å². The molecule has 130 valence electrons. The van der Waals surface area contributed by atoms with Crippen molar-refractivity contribution >= 4 is 23.5 Å². The van der Waals surface area contributed by atoms with Gasteiger partial charge in [-0.05, 0) is 61.4 Å². The van der Waals surface area contributed by atoms with E-state index < -0.39 is 5.25 Å². The fraction of sp³-hybridized carbons (Fsp3) is 0.312. The molecule has 0 radical (unpaired) electrons. The minimum Gasteiger partial charge on any atom is -0.360 e. The maximum absolute atomic E-state index is 12.3. The predicted molar refractivity (Wildman–Crippen MR) is 93.8 cm³/mol. The van der Waals surface area contributed by atoms with Gasteiger partial charge in [-0.15, -0.1) is 5.10 Å². The summed E-state index contributed by atoms with van der Waals surface area (Å²) in [7, 11) is 0. The molecule has 0 saturated carbocycles. The minimum absolute atomic E-state index is 0.201. The van der Waals surface area contributed by atoms with Crippen molar-refractivity contribution in [1.82, 2.24) is 25.4 Å². The summed E-state index contributed by atoms with van der Waals surface area (Å²) in [6.45, 7) is 7.63. The Morgan fingerprint density at radius 1 is 1.24 bits per heavy atom. The van der Waals surface area contributed by atoms with E-state index in [-0.39, 0.29) is 5.91 Å². The molecule has 25 heavy (non-hydrogen) atoms. The first-order valence-electron chi connectivity index (χ1n) is 7.71. The maximum Gasteiger partial charge on any atom is 0.238 e. The van der Waals surface area contributed by atoms with Crippen molar-refractivity contribution in [3.05, 3.63) is 41.2 Å². The predicted octanol–water partition coefficient (Wildman–Crippen LogP) is 2.69. The van der Waals surface area contributed by atoms with Crippen LogP contribution in [0.1, 0.15) is 23.8 Å². The van der Waals surface area contributed by atoms with E-state index in [1.165, 1.54) is 17.3 Å². The summed E-state index contributed by atoms with van der Waals surface area (Å²) < 4.78 is 6.57. The van der Waals surface area contributed by atoms with Crippen molar-refractivity contribution in [2.75, 3.05) is 5.32 Å². The third-order valence-corrected chi connectivity index (χ3v) is 4.74. The molecule has 3 rings (SSSR count). The quantitative estimate of drug-likeness (QED) is 0.700. The number of carbonyl (C=O) groups excluding carboxylic acids is 1. The van der Waals surface area contributed by atoms with E-state index >= 15 is 0 Å². The van der Waals surface area contributed by atoms with Crippen LogP contribution in [0.4, 0.5) is 5.82 Å². The number of nitrogens with zero attached hydrogens (tertiary/aromatic N) is 5. The third-order valence-electron chi connectivity index (χ3n) is 3.71. The summed E-state index contributed by atoms with van der Waals surface area (Å²) in [5, 5.41) is 18.4. The van der Waals surface area contributed by atoms with Crippen LogP contribution in [0.5, 0.6) is 0 Å². The highest BCUT2D eigenvalue weighted by atomic mass is 32.2. The zero-order valence-electron chi connectivity index (χ0n) is 14.3. The Kier molecular flexibility index (Phi) is 4.84. The van der Waals surface area contributed by atoms with E-state index in [4.69, 9.17) is 4.52 Å². The van der Waals surface area contributed by atoms with Crippen molar-refractivity contribution in [3.63, 3.8) is 0 Å². The monoisotopic (exact) mass is 358 g/mol. The first-order chi connectivity index (χ1) is 11.9. The second-order valence-corrected chi connectivity index (χ2v) is 7.02. The van der Waals surface area contributed by atoms with E-state index in [0.717, 1.165) is 11.3 Å². The van der Waals surface area contributed by atoms with E-state index in [9.17, 15) is 4.79 Å². The number of amides is 1. The summed E-state index contributed by atoms with van der Waals surface area (Å²) in [6, 6.07) is 7.64. The number of hydrogen-bond acceptors (Lipinski definition) is 7. The van der Waals surface area contributed by atoms with Crippen LogP contribution in [0.3, 0.4) is 0 Å². The summed E-state index contributed by atoms with van der Waals surface area (Å²) in [6.07, 6.45) is 0. The molecule has 1 N–H and O–H groups in total. The van der Waals surface area contributed by atoms with Crippen LogP contribution < -0.4 is 5.32 Å². The van der Waals surface area contributed by atoms with Crippen LogP contribution in [-0.2, 0) is 4.79 Å². The second-order valence-electron chi connectivity index (χ2n) is 5.71. The number of nitrogens with one attached hydrogen (secondary N) is 1. The molecule has 0 unspecified atom stereocenters. The number of hydrogen-bond donors (Lipinski definition) is 1. The molecular weight excluding hydrogens is 340 g/mol. The molecule has 0 bridgehead atoms. The number of rotatable bonds is 5. The fourth-order valence-corrected chi connectivity index (χ4v) is 2.94. The Morgan fingerprint density at radius 2 is 2.04 bits per heavy atom. The molecule has 3 aromatic rings. The standard InChI is InChI=1S/C16H18N6O2S/c1-9-5-6-13(7-10(9)2)22-16(18-20-21-22)25-12(4)15(23)17-14-8-11(3)24-19-14/h5-8,12H,1-4H3,(H,17,19,23)/t12-/m0/s1. The lowest BCUT2D eigenvalue weighted by molar-refractivity contribution is -0.115. The van der Waals surface area contributed by atoms with Gasteiger partial charge in [0.1, 0.15) is 5.76 Å². The van der Waals surface area contributed by atoms with Gasteiger partial charge in [-0.3, -0.25) is 4.79 Å². The van der Waals surface area contributed by atoms with Crippen LogP contribution in [0.15, 0.2) is 33.9 Å². The Bertz CT molecular complexity index is 904. The molecule has 1 amide bonds. The first kappa shape index (κ1) is 17.2. The maximum atomic E-state index is 12.3. The van der Waals surface area contributed by atoms with Gasteiger partial charge in [-0.1, -0.05) is 23.0 Å². The summed E-state index contributed by atoms with van der Waals surface area (Å²) >= 11 is 1.27. The van der Waals surface area contributed by atoms with Gasteiger partial charge in [0, 0.05) is 6.07 Å². The lowest BCUT2D eigenvalue weighted by atomic mass is 10.1. The largest absolute Gasteiger partial charge is 0.360 e. The Hall–Kier alpha value is -2.68. The molecule has 2 aromatic heterocycles. The average Bonchev–Trinajstić information content (AvgIpc) is 3.19. The van der Waals surface area contributed by atoms with Crippen molar-refractivity contribution in [1.29, 1.82) is 0 Å². The number of carbonyl (C=O) groups is 1. The highest BCUT2D eigenvalue weighted by Gasteiger charge is 2.20. The third kappa shape index (κ3) is 3.87. The van der Waals surface area contributed by atoms with Gasteiger partial charge in [0.15, 0.2) is 5.82 Å². The minimum atomic E-state index is -0.409. The molecule has 1 atom stereocenters. The molecule has 0 fully saturated rings. The van der Waals surface area contributed by atoms with Crippen molar-refractivity contribution in [2.45, 2.75) is 38.1 Å². The highest BCUT2D eigenvalue weighted by Crippen LogP contribution is 2.24. The summed E-state index contributed by atoms with van der Waals surface area (Å²) in [4.78, 5) is 12.3. The first-order valence-corrected chi connectivity index (χ1v) is 8.59. The summed E-state index contributed by atoms with van der Waals surface area (Å²) in [5.74, 6) is 0.825. The van der Waals surface area contributed by atoms with E-state index in [0.29, 0.717) is 16.7 Å². The van der Waals surface area contributed by atoms with Crippen molar-refractivity contribution in [3.8, 4) is 5.69 Å². The molecule has 0 aliphatic heterocycles. The van der Waals surface area contributed by atoms with Gasteiger partial charge in [0.2, 0.25) is 11.1 Å².